The summed E-state index contributed by atoms with van der Waals surface area (Å²) >= 11 is 0. The first-order chi connectivity index (χ1) is 8.56. The number of nitrogens with one attached hydrogen (secondary N) is 1. The molecule has 0 spiro atoms. The van der Waals surface area contributed by atoms with Gasteiger partial charge in [-0.1, -0.05) is 44.0 Å². The second kappa shape index (κ2) is 4.50. The molecule has 2 rings (SSSR count). The number of allylic oxidation sites excluding steroid dienone is 2. The van der Waals surface area contributed by atoms with Gasteiger partial charge in [0.15, 0.2) is 0 Å². The highest BCUT2D eigenvalue weighted by Crippen LogP contribution is 2.30. The van der Waals surface area contributed by atoms with E-state index in [1.807, 2.05) is 6.07 Å². The van der Waals surface area contributed by atoms with Crippen molar-refractivity contribution in [3.8, 4) is 12.3 Å². The van der Waals surface area contributed by atoms with Crippen LogP contribution in [0.3, 0.4) is 0 Å². The topological polar surface area (TPSA) is 46.2 Å². The predicted molar refractivity (Wildman–Crippen MR) is 69.5 cm³/mol. The molecule has 90 valence electrons. The number of benzene rings is 1. The average molecular weight is 239 g/mol. The molecule has 0 aliphatic heterocycles. The zero-order valence-electron chi connectivity index (χ0n) is 10.3. The first kappa shape index (κ1) is 12.1. The van der Waals surface area contributed by atoms with E-state index in [0.717, 1.165) is 0 Å². The van der Waals surface area contributed by atoms with Gasteiger partial charge in [0.1, 0.15) is 5.70 Å². The van der Waals surface area contributed by atoms with Gasteiger partial charge < -0.3 is 5.32 Å². The standard InChI is InChI=1S/C15H13NO2/c1-4-10-11-7-5-6-8-12(11)14(17)13(10)16-15(18)9(2)3/h1,5-9H,2-3H3,(H,16,17,18). The van der Waals surface area contributed by atoms with Gasteiger partial charge in [-0.3, -0.25) is 9.59 Å². The largest absolute Gasteiger partial charge is 0.322 e. The van der Waals surface area contributed by atoms with Crippen molar-refractivity contribution in [3.63, 3.8) is 0 Å². The maximum absolute atomic E-state index is 12.2. The van der Waals surface area contributed by atoms with Crippen LogP contribution in [0, 0.1) is 18.3 Å². The Morgan fingerprint density at radius 3 is 2.44 bits per heavy atom. The molecule has 0 fully saturated rings. The van der Waals surface area contributed by atoms with E-state index >= 15 is 0 Å². The van der Waals surface area contributed by atoms with E-state index in [0.29, 0.717) is 16.7 Å². The highest BCUT2D eigenvalue weighted by Gasteiger charge is 2.29. The van der Waals surface area contributed by atoms with Crippen LogP contribution in [0.2, 0.25) is 0 Å². The molecular weight excluding hydrogens is 226 g/mol. The van der Waals surface area contributed by atoms with Gasteiger partial charge in [0.25, 0.3) is 0 Å². The lowest BCUT2D eigenvalue weighted by atomic mass is 10.1. The van der Waals surface area contributed by atoms with E-state index < -0.39 is 0 Å². The number of hydrogen-bond acceptors (Lipinski definition) is 2. The van der Waals surface area contributed by atoms with Crippen LogP contribution in [-0.2, 0) is 4.79 Å². The number of fused-ring (bicyclic) bond motifs is 1. The highest BCUT2D eigenvalue weighted by molar-refractivity contribution is 6.23. The number of hydrogen-bond donors (Lipinski definition) is 1. The van der Waals surface area contributed by atoms with Crippen LogP contribution in [0.4, 0.5) is 0 Å². The molecule has 3 heteroatoms. The van der Waals surface area contributed by atoms with Crippen LogP contribution in [0.15, 0.2) is 30.0 Å². The third-order valence-electron chi connectivity index (χ3n) is 2.84. The Hall–Kier alpha value is -2.34. The molecule has 1 N–H and O–H groups in total. The molecule has 0 bridgehead atoms. The van der Waals surface area contributed by atoms with Crippen molar-refractivity contribution in [1.82, 2.24) is 5.32 Å². The van der Waals surface area contributed by atoms with Gasteiger partial charge in [0, 0.05) is 17.0 Å². The van der Waals surface area contributed by atoms with Crippen molar-refractivity contribution in [1.29, 1.82) is 0 Å². The van der Waals surface area contributed by atoms with Crippen molar-refractivity contribution < 1.29 is 9.59 Å². The second-order valence-electron chi connectivity index (χ2n) is 4.41. The van der Waals surface area contributed by atoms with Crippen molar-refractivity contribution in [2.45, 2.75) is 13.8 Å². The number of terminal acetylenes is 1. The predicted octanol–water partition coefficient (Wildman–Crippen LogP) is 2.00. The molecule has 1 aromatic carbocycles. The number of carbonyl (C=O) groups excluding carboxylic acids is 2. The van der Waals surface area contributed by atoms with Crippen LogP contribution in [0.5, 0.6) is 0 Å². The third-order valence-corrected chi connectivity index (χ3v) is 2.84. The van der Waals surface area contributed by atoms with Gasteiger partial charge in [-0.15, -0.1) is 6.42 Å². The van der Waals surface area contributed by atoms with Gasteiger partial charge in [-0.2, -0.15) is 0 Å². The minimum Gasteiger partial charge on any atom is -0.322 e. The molecule has 1 aliphatic rings. The van der Waals surface area contributed by atoms with Crippen molar-refractivity contribution >= 4 is 17.3 Å². The minimum atomic E-state index is -0.215. The maximum Gasteiger partial charge on any atom is 0.227 e. The summed E-state index contributed by atoms with van der Waals surface area (Å²) in [5.41, 5.74) is 1.94. The number of ketones is 1. The van der Waals surface area contributed by atoms with Gasteiger partial charge in [0.05, 0.1) is 5.57 Å². The lowest BCUT2D eigenvalue weighted by Gasteiger charge is -2.08. The molecule has 0 radical (unpaired) electrons. The van der Waals surface area contributed by atoms with E-state index in [1.165, 1.54) is 0 Å². The highest BCUT2D eigenvalue weighted by atomic mass is 16.2. The molecule has 0 saturated heterocycles. The zero-order chi connectivity index (χ0) is 13.3. The summed E-state index contributed by atoms with van der Waals surface area (Å²) < 4.78 is 0. The molecule has 0 heterocycles. The van der Waals surface area contributed by atoms with Crippen LogP contribution >= 0.6 is 0 Å². The summed E-state index contributed by atoms with van der Waals surface area (Å²) in [5.74, 6) is 1.86. The fourth-order valence-corrected chi connectivity index (χ4v) is 1.82. The second-order valence-corrected chi connectivity index (χ2v) is 4.41. The molecule has 3 nitrogen and oxygen atoms in total. The van der Waals surface area contributed by atoms with Gasteiger partial charge in [-0.25, -0.2) is 0 Å². The summed E-state index contributed by atoms with van der Waals surface area (Å²) in [5, 5.41) is 2.62. The number of amides is 1. The fraction of sp³-hybridized carbons (Fsp3) is 0.200. The summed E-state index contributed by atoms with van der Waals surface area (Å²) in [7, 11) is 0. The molecule has 0 unspecified atom stereocenters. The van der Waals surface area contributed by atoms with Crippen molar-refractivity contribution in [2.75, 3.05) is 0 Å². The fourth-order valence-electron chi connectivity index (χ4n) is 1.82. The lowest BCUT2D eigenvalue weighted by Crippen LogP contribution is -2.29. The first-order valence-corrected chi connectivity index (χ1v) is 5.72. The van der Waals surface area contributed by atoms with E-state index in [4.69, 9.17) is 6.42 Å². The first-order valence-electron chi connectivity index (χ1n) is 5.72. The van der Waals surface area contributed by atoms with Crippen LogP contribution in [-0.4, -0.2) is 11.7 Å². The van der Waals surface area contributed by atoms with Gasteiger partial charge in [-0.05, 0) is 0 Å². The molecule has 1 aliphatic carbocycles. The third kappa shape index (κ3) is 1.82. The van der Waals surface area contributed by atoms with E-state index in [2.05, 4.69) is 11.2 Å². The van der Waals surface area contributed by atoms with Crippen molar-refractivity contribution in [3.05, 3.63) is 41.1 Å². The molecule has 0 saturated carbocycles. The zero-order valence-corrected chi connectivity index (χ0v) is 10.3. The molecule has 1 aromatic rings. The molecule has 0 atom stereocenters. The molecule has 18 heavy (non-hydrogen) atoms. The Labute approximate surface area is 106 Å². The number of carbonyl (C=O) groups is 2. The van der Waals surface area contributed by atoms with E-state index in [1.54, 1.807) is 32.0 Å². The van der Waals surface area contributed by atoms with Gasteiger partial charge in [0.2, 0.25) is 11.7 Å². The summed E-state index contributed by atoms with van der Waals surface area (Å²) in [6.07, 6.45) is 5.44. The van der Waals surface area contributed by atoms with Crippen LogP contribution in [0.25, 0.3) is 5.57 Å². The normalized spacial score (nSPS) is 13.6. The average Bonchev–Trinajstić information content (AvgIpc) is 2.63. The van der Waals surface area contributed by atoms with Gasteiger partial charge >= 0.3 is 0 Å². The molecule has 1 amide bonds. The Bertz CT molecular complexity index is 603. The summed E-state index contributed by atoms with van der Waals surface area (Å²) in [6.45, 7) is 3.52. The van der Waals surface area contributed by atoms with E-state index in [9.17, 15) is 9.59 Å². The Balaban J connectivity index is 2.46. The lowest BCUT2D eigenvalue weighted by molar-refractivity contribution is -0.123. The maximum atomic E-state index is 12.2. The number of Topliss-reactive ketones (excluding diaryl/α,β-unsaturated/α-hetero) is 1. The summed E-state index contributed by atoms with van der Waals surface area (Å²) in [4.78, 5) is 23.8. The molecular formula is C15H13NO2. The Kier molecular flexibility index (Phi) is 3.03. The SMILES string of the molecule is C#CC1=C(NC(=O)C(C)C)C(=O)c2ccccc21. The minimum absolute atomic E-state index is 0.201. The quantitative estimate of drug-likeness (QED) is 0.802. The van der Waals surface area contributed by atoms with E-state index in [-0.39, 0.29) is 23.3 Å². The van der Waals surface area contributed by atoms with Crippen LogP contribution in [0.1, 0.15) is 29.8 Å². The smallest absolute Gasteiger partial charge is 0.227 e. The Morgan fingerprint density at radius 2 is 1.89 bits per heavy atom. The van der Waals surface area contributed by atoms with Crippen LogP contribution < -0.4 is 5.32 Å². The Morgan fingerprint density at radius 1 is 1.28 bits per heavy atom. The molecule has 0 aromatic heterocycles. The number of rotatable bonds is 2. The summed E-state index contributed by atoms with van der Waals surface area (Å²) in [6, 6.07) is 7.09. The monoisotopic (exact) mass is 239 g/mol. The van der Waals surface area contributed by atoms with Crippen molar-refractivity contribution in [2.24, 2.45) is 5.92 Å².